The van der Waals surface area contributed by atoms with E-state index in [1.165, 1.54) is 17.7 Å². The number of anilines is 1. The summed E-state index contributed by atoms with van der Waals surface area (Å²) in [7, 11) is 3.11. The Morgan fingerprint density at radius 2 is 1.70 bits per heavy atom. The molecule has 164 valence electrons. The molecule has 0 saturated carbocycles. The molecule has 0 bridgehead atoms. The Morgan fingerprint density at radius 3 is 2.45 bits per heavy atom. The standard InChI is InChI=1S/C25H19FN4O2S/c1-28-22-19(24(31)29(2)25(28)32)21(14-8-3-4-9-15(14)26)30-17-11-6-5-10-16(17)27-20(23(22)30)18-12-7-13-33-18/h3-13,20,27H,1-2H3/t20-/m1/s1. The second-order valence-electron chi connectivity index (χ2n) is 8.09. The van der Waals surface area contributed by atoms with E-state index in [9.17, 15) is 9.59 Å². The molecule has 1 atom stereocenters. The van der Waals surface area contributed by atoms with E-state index in [1.54, 1.807) is 36.6 Å². The maximum absolute atomic E-state index is 15.2. The van der Waals surface area contributed by atoms with Crippen molar-refractivity contribution in [2.75, 3.05) is 5.32 Å². The summed E-state index contributed by atoms with van der Waals surface area (Å²) in [6.07, 6.45) is 0. The number of nitrogens with one attached hydrogen (secondary N) is 1. The predicted octanol–water partition coefficient (Wildman–Crippen LogP) is 4.41. The Labute approximate surface area is 191 Å². The van der Waals surface area contributed by atoms with E-state index < -0.39 is 17.1 Å². The number of para-hydroxylation sites is 2. The quantitative estimate of drug-likeness (QED) is 0.426. The third-order valence-corrected chi connectivity index (χ3v) is 7.22. The fourth-order valence-electron chi connectivity index (χ4n) is 4.80. The van der Waals surface area contributed by atoms with Crippen molar-refractivity contribution < 1.29 is 4.39 Å². The highest BCUT2D eigenvalue weighted by molar-refractivity contribution is 7.10. The van der Waals surface area contributed by atoms with Gasteiger partial charge in [-0.05, 0) is 35.7 Å². The van der Waals surface area contributed by atoms with E-state index in [0.29, 0.717) is 22.2 Å². The van der Waals surface area contributed by atoms with E-state index in [2.05, 4.69) is 5.32 Å². The summed E-state index contributed by atoms with van der Waals surface area (Å²) in [6.45, 7) is 0. The first-order valence-electron chi connectivity index (χ1n) is 10.5. The van der Waals surface area contributed by atoms with Crippen LogP contribution in [0.3, 0.4) is 0 Å². The van der Waals surface area contributed by atoms with Crippen molar-refractivity contribution >= 4 is 27.9 Å². The molecule has 6 rings (SSSR count). The van der Waals surface area contributed by atoms with Crippen LogP contribution in [-0.4, -0.2) is 13.7 Å². The van der Waals surface area contributed by atoms with Gasteiger partial charge < -0.3 is 9.88 Å². The van der Waals surface area contributed by atoms with Gasteiger partial charge >= 0.3 is 5.69 Å². The SMILES string of the molecule is Cn1c(=O)c2c(-c3ccccc3F)n3c(c2n(C)c1=O)[C@@H](c1cccs1)Nc1ccccc1-3. The van der Waals surface area contributed by atoms with Gasteiger partial charge in [-0.3, -0.25) is 13.9 Å². The molecule has 0 fully saturated rings. The minimum atomic E-state index is -0.448. The van der Waals surface area contributed by atoms with Gasteiger partial charge in [-0.15, -0.1) is 11.3 Å². The Morgan fingerprint density at radius 1 is 0.939 bits per heavy atom. The Balaban J connectivity index is 1.91. The first-order chi connectivity index (χ1) is 16.0. The topological polar surface area (TPSA) is 61.0 Å². The van der Waals surface area contributed by atoms with Gasteiger partial charge in [-0.25, -0.2) is 9.18 Å². The van der Waals surface area contributed by atoms with E-state index >= 15 is 4.39 Å². The summed E-state index contributed by atoms with van der Waals surface area (Å²) in [4.78, 5) is 27.5. The number of hydrogen-bond donors (Lipinski definition) is 1. The first kappa shape index (κ1) is 19.8. The molecule has 3 aromatic heterocycles. The largest absolute Gasteiger partial charge is 0.370 e. The van der Waals surface area contributed by atoms with Crippen LogP contribution in [0.15, 0.2) is 75.6 Å². The van der Waals surface area contributed by atoms with Crippen LogP contribution >= 0.6 is 11.3 Å². The maximum Gasteiger partial charge on any atom is 0.331 e. The van der Waals surface area contributed by atoms with E-state index in [1.807, 2.05) is 46.3 Å². The van der Waals surface area contributed by atoms with Gasteiger partial charge in [0.2, 0.25) is 0 Å². The molecule has 1 aliphatic heterocycles. The van der Waals surface area contributed by atoms with Crippen molar-refractivity contribution in [3.8, 4) is 16.9 Å². The molecule has 8 heteroatoms. The van der Waals surface area contributed by atoms with Crippen LogP contribution in [0.25, 0.3) is 27.8 Å². The lowest BCUT2D eigenvalue weighted by atomic mass is 10.1. The smallest absolute Gasteiger partial charge is 0.331 e. The van der Waals surface area contributed by atoms with E-state index in [0.717, 1.165) is 26.5 Å². The number of rotatable bonds is 2. The highest BCUT2D eigenvalue weighted by atomic mass is 32.1. The number of aromatic nitrogens is 3. The molecule has 1 aliphatic rings. The molecule has 2 aromatic carbocycles. The second kappa shape index (κ2) is 7.05. The molecule has 0 amide bonds. The van der Waals surface area contributed by atoms with Gasteiger partial charge in [0, 0.05) is 24.5 Å². The molecule has 0 spiro atoms. The monoisotopic (exact) mass is 458 g/mol. The Kier molecular flexibility index (Phi) is 4.22. The molecule has 4 heterocycles. The average molecular weight is 459 g/mol. The van der Waals surface area contributed by atoms with Crippen LogP contribution in [0.5, 0.6) is 0 Å². The van der Waals surface area contributed by atoms with E-state index in [4.69, 9.17) is 0 Å². The number of benzene rings is 2. The molecule has 1 N–H and O–H groups in total. The molecular formula is C25H19FN4O2S. The molecule has 33 heavy (non-hydrogen) atoms. The Hall–Kier alpha value is -3.91. The lowest BCUT2D eigenvalue weighted by molar-refractivity contribution is 0.630. The van der Waals surface area contributed by atoms with Crippen molar-refractivity contribution in [1.29, 1.82) is 0 Å². The second-order valence-corrected chi connectivity index (χ2v) is 9.07. The Bertz CT molecular complexity index is 1680. The fraction of sp³-hybridized carbons (Fsp3) is 0.120. The van der Waals surface area contributed by atoms with Crippen molar-refractivity contribution in [1.82, 2.24) is 13.7 Å². The molecule has 0 unspecified atom stereocenters. The van der Waals surface area contributed by atoms with Crippen molar-refractivity contribution in [2.45, 2.75) is 6.04 Å². The van der Waals surface area contributed by atoms with Crippen molar-refractivity contribution in [3.63, 3.8) is 0 Å². The summed E-state index contributed by atoms with van der Waals surface area (Å²) in [5.74, 6) is -0.431. The number of thiophene rings is 1. The van der Waals surface area contributed by atoms with Gasteiger partial charge in [0.05, 0.1) is 33.7 Å². The van der Waals surface area contributed by atoms with Gasteiger partial charge in [0.15, 0.2) is 0 Å². The van der Waals surface area contributed by atoms with Crippen LogP contribution in [-0.2, 0) is 14.1 Å². The summed E-state index contributed by atoms with van der Waals surface area (Å²) >= 11 is 1.58. The van der Waals surface area contributed by atoms with Crippen LogP contribution in [0.1, 0.15) is 16.6 Å². The van der Waals surface area contributed by atoms with Gasteiger partial charge in [0.1, 0.15) is 11.9 Å². The maximum atomic E-state index is 15.2. The van der Waals surface area contributed by atoms with Crippen LogP contribution in [0.2, 0.25) is 0 Å². The number of nitrogens with zero attached hydrogens (tertiary/aromatic N) is 3. The number of halogens is 1. The van der Waals surface area contributed by atoms with Gasteiger partial charge in [0.25, 0.3) is 5.56 Å². The molecule has 0 saturated heterocycles. The number of aryl methyl sites for hydroxylation is 1. The zero-order valence-corrected chi connectivity index (χ0v) is 18.7. The molecule has 5 aromatic rings. The summed E-state index contributed by atoms with van der Waals surface area (Å²) in [5.41, 5.74) is 2.78. The summed E-state index contributed by atoms with van der Waals surface area (Å²) < 4.78 is 19.7. The molecule has 0 radical (unpaired) electrons. The minimum absolute atomic E-state index is 0.311. The number of fused-ring (bicyclic) bond motifs is 5. The zero-order valence-electron chi connectivity index (χ0n) is 17.9. The zero-order chi connectivity index (χ0) is 22.9. The minimum Gasteiger partial charge on any atom is -0.370 e. The van der Waals surface area contributed by atoms with Crippen molar-refractivity contribution in [3.05, 3.63) is 103 Å². The molecule has 6 nitrogen and oxygen atoms in total. The van der Waals surface area contributed by atoms with Crippen LogP contribution in [0, 0.1) is 5.82 Å². The fourth-order valence-corrected chi connectivity index (χ4v) is 5.57. The van der Waals surface area contributed by atoms with Gasteiger partial charge in [-0.2, -0.15) is 0 Å². The first-order valence-corrected chi connectivity index (χ1v) is 11.4. The molecular weight excluding hydrogens is 439 g/mol. The van der Waals surface area contributed by atoms with E-state index in [-0.39, 0.29) is 6.04 Å². The van der Waals surface area contributed by atoms with Crippen molar-refractivity contribution in [2.24, 2.45) is 14.1 Å². The third kappa shape index (κ3) is 2.64. The average Bonchev–Trinajstić information content (AvgIpc) is 3.48. The van der Waals surface area contributed by atoms with Crippen LogP contribution < -0.4 is 16.6 Å². The summed E-state index contributed by atoms with van der Waals surface area (Å²) in [6, 6.07) is 17.8. The summed E-state index contributed by atoms with van der Waals surface area (Å²) in [5, 5.41) is 5.89. The number of hydrogen-bond acceptors (Lipinski definition) is 4. The third-order valence-electron chi connectivity index (χ3n) is 6.28. The van der Waals surface area contributed by atoms with Gasteiger partial charge in [-0.1, -0.05) is 30.3 Å². The highest BCUT2D eigenvalue weighted by Crippen LogP contribution is 2.46. The highest BCUT2D eigenvalue weighted by Gasteiger charge is 2.35. The lowest BCUT2D eigenvalue weighted by Crippen LogP contribution is -2.37. The predicted molar refractivity (Wildman–Crippen MR) is 129 cm³/mol. The normalized spacial score (nSPS) is 14.7. The lowest BCUT2D eigenvalue weighted by Gasteiger charge is -2.30. The molecule has 0 aliphatic carbocycles. The van der Waals surface area contributed by atoms with Crippen LogP contribution in [0.4, 0.5) is 10.1 Å².